The number of amides is 1. The predicted molar refractivity (Wildman–Crippen MR) is 77.1 cm³/mol. The molecule has 1 N–H and O–H groups in total. The Morgan fingerprint density at radius 1 is 1.33 bits per heavy atom. The summed E-state index contributed by atoms with van der Waals surface area (Å²) in [6, 6.07) is 7.19. The van der Waals surface area contributed by atoms with Gasteiger partial charge in [-0.25, -0.2) is 4.79 Å². The summed E-state index contributed by atoms with van der Waals surface area (Å²) in [6.45, 7) is 3.44. The predicted octanol–water partition coefficient (Wildman–Crippen LogP) is 1.90. The van der Waals surface area contributed by atoms with E-state index in [1.54, 1.807) is 6.92 Å². The number of carbonyl (C=O) groups is 2. The van der Waals surface area contributed by atoms with Crippen LogP contribution in [0.2, 0.25) is 0 Å². The van der Waals surface area contributed by atoms with Gasteiger partial charge in [0.25, 0.3) is 0 Å². The first-order valence-corrected chi connectivity index (χ1v) is 6.79. The highest BCUT2D eigenvalue weighted by Crippen LogP contribution is 2.09. The minimum absolute atomic E-state index is 0.237. The van der Waals surface area contributed by atoms with Gasteiger partial charge in [0.1, 0.15) is 6.04 Å². The zero-order valence-electron chi connectivity index (χ0n) is 10.4. The van der Waals surface area contributed by atoms with Crippen molar-refractivity contribution < 1.29 is 14.3 Å². The van der Waals surface area contributed by atoms with Crippen LogP contribution in [-0.4, -0.2) is 24.5 Å². The Morgan fingerprint density at radius 3 is 2.44 bits per heavy atom. The summed E-state index contributed by atoms with van der Waals surface area (Å²) < 4.78 is 6.07. The topological polar surface area (TPSA) is 55.4 Å². The van der Waals surface area contributed by atoms with Gasteiger partial charge in [-0.15, -0.1) is 0 Å². The van der Waals surface area contributed by atoms with E-state index in [4.69, 9.17) is 4.74 Å². The first-order chi connectivity index (χ1) is 8.52. The molecular formula is C13H16INO3. The lowest BCUT2D eigenvalue weighted by atomic mass is 10.1. The Hall–Kier alpha value is -1.11. The Bertz CT molecular complexity index is 417. The fourth-order valence-electron chi connectivity index (χ4n) is 1.54. The average molecular weight is 361 g/mol. The Morgan fingerprint density at radius 2 is 1.94 bits per heavy atom. The molecule has 0 heterocycles. The van der Waals surface area contributed by atoms with Crippen molar-refractivity contribution in [3.8, 4) is 0 Å². The molecule has 0 saturated carbocycles. The molecular weight excluding hydrogens is 345 g/mol. The Balaban J connectivity index is 2.74. The quantitative estimate of drug-likeness (QED) is 0.644. The number of hydrogen-bond donors (Lipinski definition) is 1. The van der Waals surface area contributed by atoms with Crippen molar-refractivity contribution in [2.45, 2.75) is 26.3 Å². The van der Waals surface area contributed by atoms with E-state index in [0.29, 0.717) is 13.0 Å². The maximum absolute atomic E-state index is 11.7. The van der Waals surface area contributed by atoms with E-state index in [0.717, 1.165) is 9.13 Å². The minimum atomic E-state index is -0.623. The molecule has 1 aromatic rings. The van der Waals surface area contributed by atoms with Crippen LogP contribution < -0.4 is 5.32 Å². The number of hydrogen-bond acceptors (Lipinski definition) is 3. The van der Waals surface area contributed by atoms with Crippen LogP contribution in [0.3, 0.4) is 0 Å². The van der Waals surface area contributed by atoms with Crippen LogP contribution in [0, 0.1) is 3.57 Å². The maximum Gasteiger partial charge on any atom is 0.328 e. The molecule has 0 saturated heterocycles. The molecule has 98 valence electrons. The molecule has 0 unspecified atom stereocenters. The van der Waals surface area contributed by atoms with Gasteiger partial charge >= 0.3 is 5.97 Å². The number of nitrogens with one attached hydrogen (secondary N) is 1. The monoisotopic (exact) mass is 361 g/mol. The molecule has 1 amide bonds. The van der Waals surface area contributed by atoms with Gasteiger partial charge < -0.3 is 10.1 Å². The molecule has 0 fully saturated rings. The van der Waals surface area contributed by atoms with E-state index >= 15 is 0 Å². The zero-order valence-corrected chi connectivity index (χ0v) is 12.6. The van der Waals surface area contributed by atoms with Crippen LogP contribution in [0.25, 0.3) is 0 Å². The van der Waals surface area contributed by atoms with Crippen molar-refractivity contribution in [2.75, 3.05) is 6.61 Å². The third-order valence-corrected chi connectivity index (χ3v) is 3.02. The van der Waals surface area contributed by atoms with Gasteiger partial charge in [-0.3, -0.25) is 4.79 Å². The molecule has 1 rings (SSSR count). The standard InChI is InChI=1S/C13H16INO3/c1-3-18-13(17)12(15-9(2)16)8-10-4-6-11(14)7-5-10/h4-7,12H,3,8H2,1-2H3,(H,15,16)/t12-/m0/s1. The van der Waals surface area contributed by atoms with E-state index in [-0.39, 0.29) is 5.91 Å². The van der Waals surface area contributed by atoms with Crippen molar-refractivity contribution in [3.05, 3.63) is 33.4 Å². The molecule has 0 bridgehead atoms. The van der Waals surface area contributed by atoms with E-state index in [9.17, 15) is 9.59 Å². The molecule has 0 radical (unpaired) electrons. The molecule has 0 aromatic heterocycles. The summed E-state index contributed by atoms with van der Waals surface area (Å²) in [6.07, 6.45) is 0.440. The third kappa shape index (κ3) is 5.03. The van der Waals surface area contributed by atoms with Crippen molar-refractivity contribution in [3.63, 3.8) is 0 Å². The van der Waals surface area contributed by atoms with Gasteiger partial charge in [-0.05, 0) is 47.2 Å². The van der Waals surface area contributed by atoms with Crippen molar-refractivity contribution >= 4 is 34.5 Å². The van der Waals surface area contributed by atoms with Crippen LogP contribution in [-0.2, 0) is 20.7 Å². The third-order valence-electron chi connectivity index (χ3n) is 2.30. The molecule has 5 heteroatoms. The smallest absolute Gasteiger partial charge is 0.328 e. The molecule has 0 aliphatic carbocycles. The molecule has 1 aromatic carbocycles. The van der Waals surface area contributed by atoms with Gasteiger partial charge in [0.15, 0.2) is 0 Å². The largest absolute Gasteiger partial charge is 0.464 e. The van der Waals surface area contributed by atoms with E-state index in [1.807, 2.05) is 24.3 Å². The molecule has 0 aliphatic heterocycles. The maximum atomic E-state index is 11.7. The normalized spacial score (nSPS) is 11.7. The van der Waals surface area contributed by atoms with Gasteiger partial charge in [0.05, 0.1) is 6.61 Å². The van der Waals surface area contributed by atoms with E-state index < -0.39 is 12.0 Å². The summed E-state index contributed by atoms with van der Waals surface area (Å²) in [4.78, 5) is 22.8. The first kappa shape index (κ1) is 14.9. The highest BCUT2D eigenvalue weighted by atomic mass is 127. The van der Waals surface area contributed by atoms with Crippen molar-refractivity contribution in [1.29, 1.82) is 0 Å². The number of esters is 1. The molecule has 18 heavy (non-hydrogen) atoms. The number of halogens is 1. The van der Waals surface area contributed by atoms with Crippen LogP contribution in [0.1, 0.15) is 19.4 Å². The summed E-state index contributed by atoms with van der Waals surface area (Å²) in [7, 11) is 0. The van der Waals surface area contributed by atoms with Gasteiger partial charge in [-0.1, -0.05) is 12.1 Å². The fraction of sp³-hybridized carbons (Fsp3) is 0.385. The number of benzene rings is 1. The molecule has 4 nitrogen and oxygen atoms in total. The van der Waals surface area contributed by atoms with E-state index in [1.165, 1.54) is 6.92 Å². The van der Waals surface area contributed by atoms with Gasteiger partial charge in [-0.2, -0.15) is 0 Å². The van der Waals surface area contributed by atoms with Crippen LogP contribution >= 0.6 is 22.6 Å². The highest BCUT2D eigenvalue weighted by molar-refractivity contribution is 14.1. The average Bonchev–Trinajstić information content (AvgIpc) is 2.31. The summed E-state index contributed by atoms with van der Waals surface area (Å²) >= 11 is 2.22. The lowest BCUT2D eigenvalue weighted by Gasteiger charge is -2.16. The second-order valence-electron chi connectivity index (χ2n) is 3.84. The summed E-state index contributed by atoms with van der Waals surface area (Å²) in [5, 5.41) is 2.61. The number of rotatable bonds is 5. The SMILES string of the molecule is CCOC(=O)[C@H](Cc1ccc(I)cc1)NC(C)=O. The minimum Gasteiger partial charge on any atom is -0.464 e. The second kappa shape index (κ2) is 7.35. The highest BCUT2D eigenvalue weighted by Gasteiger charge is 2.20. The first-order valence-electron chi connectivity index (χ1n) is 5.71. The molecule has 0 aliphatic rings. The van der Waals surface area contributed by atoms with Crippen LogP contribution in [0.4, 0.5) is 0 Å². The number of ether oxygens (including phenoxy) is 1. The lowest BCUT2D eigenvalue weighted by molar-refractivity contribution is -0.147. The summed E-state index contributed by atoms with van der Waals surface area (Å²) in [5.74, 6) is -0.634. The van der Waals surface area contributed by atoms with Gasteiger partial charge in [0, 0.05) is 16.9 Å². The van der Waals surface area contributed by atoms with Crippen LogP contribution in [0.15, 0.2) is 24.3 Å². The lowest BCUT2D eigenvalue weighted by Crippen LogP contribution is -2.42. The second-order valence-corrected chi connectivity index (χ2v) is 5.08. The number of carbonyl (C=O) groups excluding carboxylic acids is 2. The van der Waals surface area contributed by atoms with Gasteiger partial charge in [0.2, 0.25) is 5.91 Å². The van der Waals surface area contributed by atoms with E-state index in [2.05, 4.69) is 27.9 Å². The van der Waals surface area contributed by atoms with Crippen molar-refractivity contribution in [2.24, 2.45) is 0 Å². The Labute approximate surface area is 120 Å². The zero-order chi connectivity index (χ0) is 13.5. The van der Waals surface area contributed by atoms with Crippen LogP contribution in [0.5, 0.6) is 0 Å². The molecule has 0 spiro atoms. The Kier molecular flexibility index (Phi) is 6.11. The fourth-order valence-corrected chi connectivity index (χ4v) is 1.90. The van der Waals surface area contributed by atoms with Crippen molar-refractivity contribution in [1.82, 2.24) is 5.32 Å². The summed E-state index contributed by atoms with van der Waals surface area (Å²) in [5.41, 5.74) is 0.988. The molecule has 1 atom stereocenters.